The third-order valence-electron chi connectivity index (χ3n) is 5.68. The number of nitrogens with zero attached hydrogens (tertiary/aromatic N) is 2. The Morgan fingerprint density at radius 3 is 2.39 bits per heavy atom. The molecule has 1 unspecified atom stereocenters. The van der Waals surface area contributed by atoms with Crippen molar-refractivity contribution in [3.8, 4) is 17.2 Å². The number of morpholine rings is 1. The number of para-hydroxylation sites is 3. The van der Waals surface area contributed by atoms with E-state index in [0.717, 1.165) is 0 Å². The van der Waals surface area contributed by atoms with Gasteiger partial charge in [-0.1, -0.05) is 36.4 Å². The molecular weight excluding hydrogens is 420 g/mol. The highest BCUT2D eigenvalue weighted by Crippen LogP contribution is 2.35. The molecule has 0 bridgehead atoms. The standard InChI is InChI=1S/C26H24N2O5/c29-25(19-7-6-10-21(17-19)32-20-8-2-1-3-9-20)28-18-24(26(30)27-13-15-31-16-14-27)33-23-12-5-4-11-22(23)28/h1-12,17,24H,13-16,18H2. The molecule has 1 saturated heterocycles. The van der Waals surface area contributed by atoms with Crippen LogP contribution in [0.4, 0.5) is 5.69 Å². The van der Waals surface area contributed by atoms with E-state index < -0.39 is 6.10 Å². The van der Waals surface area contributed by atoms with Crippen LogP contribution in [-0.4, -0.2) is 55.7 Å². The minimum atomic E-state index is -0.772. The Labute approximate surface area is 192 Å². The van der Waals surface area contributed by atoms with Gasteiger partial charge in [-0.3, -0.25) is 9.59 Å². The molecule has 0 spiro atoms. The minimum Gasteiger partial charge on any atom is -0.476 e. The molecule has 1 atom stereocenters. The van der Waals surface area contributed by atoms with E-state index in [4.69, 9.17) is 14.2 Å². The monoisotopic (exact) mass is 444 g/mol. The zero-order valence-corrected chi connectivity index (χ0v) is 18.1. The van der Waals surface area contributed by atoms with Gasteiger partial charge in [0.05, 0.1) is 25.4 Å². The van der Waals surface area contributed by atoms with E-state index in [1.807, 2.05) is 54.6 Å². The van der Waals surface area contributed by atoms with Crippen LogP contribution in [0, 0.1) is 0 Å². The molecule has 1 fully saturated rings. The third-order valence-corrected chi connectivity index (χ3v) is 5.68. The predicted octanol–water partition coefficient (Wildman–Crippen LogP) is 3.75. The van der Waals surface area contributed by atoms with Gasteiger partial charge in [0.2, 0.25) is 0 Å². The Hall–Kier alpha value is -3.84. The van der Waals surface area contributed by atoms with Crippen molar-refractivity contribution in [2.45, 2.75) is 6.10 Å². The van der Waals surface area contributed by atoms with E-state index in [1.54, 1.807) is 34.1 Å². The Bertz CT molecular complexity index is 1140. The first kappa shape index (κ1) is 21.0. The van der Waals surface area contributed by atoms with E-state index in [2.05, 4.69) is 0 Å². The lowest BCUT2D eigenvalue weighted by Gasteiger charge is -2.37. The smallest absolute Gasteiger partial charge is 0.265 e. The van der Waals surface area contributed by atoms with E-state index >= 15 is 0 Å². The maximum absolute atomic E-state index is 13.6. The lowest BCUT2D eigenvalue weighted by Crippen LogP contribution is -2.54. The maximum atomic E-state index is 13.6. The predicted molar refractivity (Wildman–Crippen MR) is 123 cm³/mol. The highest BCUT2D eigenvalue weighted by molar-refractivity contribution is 6.08. The Kier molecular flexibility index (Phi) is 5.95. The summed E-state index contributed by atoms with van der Waals surface area (Å²) in [4.78, 5) is 30.0. The van der Waals surface area contributed by atoms with Crippen LogP contribution in [0.2, 0.25) is 0 Å². The molecule has 7 nitrogen and oxygen atoms in total. The van der Waals surface area contributed by atoms with Crippen LogP contribution >= 0.6 is 0 Å². The number of ether oxygens (including phenoxy) is 3. The van der Waals surface area contributed by atoms with Gasteiger partial charge < -0.3 is 24.0 Å². The van der Waals surface area contributed by atoms with Gasteiger partial charge in [0.25, 0.3) is 11.8 Å². The summed E-state index contributed by atoms with van der Waals surface area (Å²) in [5.41, 5.74) is 1.11. The molecule has 0 aromatic heterocycles. The maximum Gasteiger partial charge on any atom is 0.265 e. The average Bonchev–Trinajstić information content (AvgIpc) is 2.88. The number of hydrogen-bond donors (Lipinski definition) is 0. The number of amides is 2. The van der Waals surface area contributed by atoms with Crippen molar-refractivity contribution in [2.75, 3.05) is 37.7 Å². The first-order valence-electron chi connectivity index (χ1n) is 11.0. The summed E-state index contributed by atoms with van der Waals surface area (Å²) in [5.74, 6) is 1.42. The fraction of sp³-hybridized carbons (Fsp3) is 0.231. The van der Waals surface area contributed by atoms with Crippen LogP contribution < -0.4 is 14.4 Å². The molecule has 0 saturated carbocycles. The molecule has 3 aromatic carbocycles. The number of benzene rings is 3. The molecule has 2 aliphatic rings. The number of fused-ring (bicyclic) bond motifs is 1. The molecule has 168 valence electrons. The Balaban J connectivity index is 1.40. The summed E-state index contributed by atoms with van der Waals surface area (Å²) < 4.78 is 17.3. The minimum absolute atomic E-state index is 0.133. The van der Waals surface area contributed by atoms with Crippen LogP contribution in [0.25, 0.3) is 0 Å². The first-order chi connectivity index (χ1) is 16.2. The number of carbonyl (C=O) groups is 2. The van der Waals surface area contributed by atoms with Gasteiger partial charge in [0.15, 0.2) is 6.10 Å². The number of rotatable bonds is 4. The molecule has 0 N–H and O–H groups in total. The number of hydrogen-bond acceptors (Lipinski definition) is 5. The molecule has 2 heterocycles. The average molecular weight is 444 g/mol. The highest BCUT2D eigenvalue weighted by atomic mass is 16.5. The van der Waals surface area contributed by atoms with Crippen LogP contribution in [-0.2, 0) is 9.53 Å². The van der Waals surface area contributed by atoms with Gasteiger partial charge in [-0.05, 0) is 42.5 Å². The second kappa shape index (κ2) is 9.34. The van der Waals surface area contributed by atoms with Crippen molar-refractivity contribution in [3.63, 3.8) is 0 Å². The zero-order chi connectivity index (χ0) is 22.6. The van der Waals surface area contributed by atoms with Gasteiger partial charge in [0.1, 0.15) is 17.2 Å². The molecule has 5 rings (SSSR count). The summed E-state index contributed by atoms with van der Waals surface area (Å²) in [6.45, 7) is 2.19. The molecule has 33 heavy (non-hydrogen) atoms. The van der Waals surface area contributed by atoms with E-state index in [-0.39, 0.29) is 18.4 Å². The van der Waals surface area contributed by atoms with Crippen molar-refractivity contribution in [2.24, 2.45) is 0 Å². The molecular formula is C26H24N2O5. The van der Waals surface area contributed by atoms with Crippen LogP contribution in [0.1, 0.15) is 10.4 Å². The van der Waals surface area contributed by atoms with E-state index in [1.165, 1.54) is 0 Å². The molecule has 0 aliphatic carbocycles. The molecule has 2 aliphatic heterocycles. The van der Waals surface area contributed by atoms with Gasteiger partial charge in [-0.25, -0.2) is 0 Å². The second-order valence-corrected chi connectivity index (χ2v) is 7.87. The van der Waals surface area contributed by atoms with Gasteiger partial charge in [-0.2, -0.15) is 0 Å². The second-order valence-electron chi connectivity index (χ2n) is 7.87. The lowest BCUT2D eigenvalue weighted by molar-refractivity contribution is -0.142. The quantitative estimate of drug-likeness (QED) is 0.613. The summed E-state index contributed by atoms with van der Waals surface area (Å²) in [6, 6.07) is 23.7. The fourth-order valence-corrected chi connectivity index (χ4v) is 4.02. The summed E-state index contributed by atoms with van der Waals surface area (Å²) in [7, 11) is 0. The molecule has 0 radical (unpaired) electrons. The zero-order valence-electron chi connectivity index (χ0n) is 18.1. The summed E-state index contributed by atoms with van der Waals surface area (Å²) in [5, 5.41) is 0. The molecule has 2 amide bonds. The van der Waals surface area contributed by atoms with Crippen molar-refractivity contribution in [3.05, 3.63) is 84.4 Å². The largest absolute Gasteiger partial charge is 0.476 e. The van der Waals surface area contributed by atoms with Crippen molar-refractivity contribution in [1.29, 1.82) is 0 Å². The number of anilines is 1. The Morgan fingerprint density at radius 2 is 1.58 bits per heavy atom. The lowest BCUT2D eigenvalue weighted by atomic mass is 10.1. The number of carbonyl (C=O) groups excluding carboxylic acids is 2. The first-order valence-corrected chi connectivity index (χ1v) is 11.0. The van der Waals surface area contributed by atoms with Crippen LogP contribution in [0.5, 0.6) is 17.2 Å². The van der Waals surface area contributed by atoms with Crippen molar-refractivity contribution >= 4 is 17.5 Å². The highest BCUT2D eigenvalue weighted by Gasteiger charge is 2.36. The van der Waals surface area contributed by atoms with Crippen molar-refractivity contribution < 1.29 is 23.8 Å². The van der Waals surface area contributed by atoms with Gasteiger partial charge in [0, 0.05) is 18.7 Å². The van der Waals surface area contributed by atoms with E-state index in [0.29, 0.717) is 54.8 Å². The van der Waals surface area contributed by atoms with E-state index in [9.17, 15) is 9.59 Å². The van der Waals surface area contributed by atoms with Crippen molar-refractivity contribution in [1.82, 2.24) is 4.90 Å². The van der Waals surface area contributed by atoms with Gasteiger partial charge >= 0.3 is 0 Å². The SMILES string of the molecule is O=C(C1CN(C(=O)c2cccc(Oc3ccccc3)c2)c2ccccc2O1)N1CCOCC1. The Morgan fingerprint density at radius 1 is 0.848 bits per heavy atom. The fourth-order valence-electron chi connectivity index (χ4n) is 4.02. The third kappa shape index (κ3) is 4.54. The molecule has 3 aromatic rings. The normalized spacial score (nSPS) is 17.6. The van der Waals surface area contributed by atoms with Crippen LogP contribution in [0.15, 0.2) is 78.9 Å². The van der Waals surface area contributed by atoms with Crippen LogP contribution in [0.3, 0.4) is 0 Å². The summed E-state index contributed by atoms with van der Waals surface area (Å²) in [6.07, 6.45) is -0.772. The molecule has 7 heteroatoms. The topological polar surface area (TPSA) is 68.3 Å². The van der Waals surface area contributed by atoms with Gasteiger partial charge in [-0.15, -0.1) is 0 Å². The summed E-state index contributed by atoms with van der Waals surface area (Å²) >= 11 is 0.